The Morgan fingerprint density at radius 3 is 2.84 bits per heavy atom. The summed E-state index contributed by atoms with van der Waals surface area (Å²) in [6.07, 6.45) is 11.4. The minimum absolute atomic E-state index is 0.358. The molecule has 0 N–H and O–H groups in total. The van der Waals surface area contributed by atoms with Crippen LogP contribution in [-0.4, -0.2) is 31.4 Å². The van der Waals surface area contributed by atoms with E-state index in [1.54, 1.807) is 12.4 Å². The lowest BCUT2D eigenvalue weighted by atomic mass is 10.1. The van der Waals surface area contributed by atoms with E-state index < -0.39 is 0 Å². The second-order valence-corrected chi connectivity index (χ2v) is 4.91. The quantitative estimate of drug-likeness (QED) is 0.838. The Hall–Kier alpha value is -1.88. The van der Waals surface area contributed by atoms with E-state index in [9.17, 15) is 0 Å². The molecule has 2 aromatic rings. The third kappa shape index (κ3) is 2.76. The van der Waals surface area contributed by atoms with E-state index in [2.05, 4.69) is 24.8 Å². The predicted molar refractivity (Wildman–Crippen MR) is 71.2 cm³/mol. The van der Waals surface area contributed by atoms with Gasteiger partial charge in [0.15, 0.2) is 0 Å². The molecule has 1 aliphatic rings. The van der Waals surface area contributed by atoms with Crippen molar-refractivity contribution in [1.82, 2.24) is 24.8 Å². The van der Waals surface area contributed by atoms with Gasteiger partial charge in [-0.3, -0.25) is 24.8 Å². The van der Waals surface area contributed by atoms with Gasteiger partial charge in [-0.05, 0) is 26.3 Å². The fraction of sp³-hybridized carbons (Fsp3) is 0.429. The van der Waals surface area contributed by atoms with Crippen molar-refractivity contribution in [2.45, 2.75) is 32.4 Å². The standard InChI is InChI=1S/C14H17N5/c1-11-7-18-12(8-17-11)10-19-6-2-3-14(19)13-9-15-4-5-16-13/h4-5,7-9,14H,2-3,6,10H2,1H3. The molecule has 0 radical (unpaired) electrons. The molecular formula is C14H17N5. The van der Waals surface area contributed by atoms with Crippen LogP contribution in [0.4, 0.5) is 0 Å². The number of nitrogens with zero attached hydrogens (tertiary/aromatic N) is 5. The van der Waals surface area contributed by atoms with Crippen LogP contribution in [0, 0.1) is 6.92 Å². The van der Waals surface area contributed by atoms with Crippen molar-refractivity contribution >= 4 is 0 Å². The molecule has 5 heteroatoms. The van der Waals surface area contributed by atoms with E-state index >= 15 is 0 Å². The average Bonchev–Trinajstić information content (AvgIpc) is 2.90. The molecule has 1 atom stereocenters. The Bertz CT molecular complexity index is 525. The van der Waals surface area contributed by atoms with Crippen molar-refractivity contribution in [3.8, 4) is 0 Å². The van der Waals surface area contributed by atoms with E-state index in [0.717, 1.165) is 36.6 Å². The molecule has 1 saturated heterocycles. The lowest BCUT2D eigenvalue weighted by Gasteiger charge is -2.23. The fourth-order valence-corrected chi connectivity index (χ4v) is 2.54. The van der Waals surface area contributed by atoms with Gasteiger partial charge < -0.3 is 0 Å². The van der Waals surface area contributed by atoms with Crippen LogP contribution in [0.25, 0.3) is 0 Å². The third-order valence-corrected chi connectivity index (χ3v) is 3.49. The van der Waals surface area contributed by atoms with Gasteiger partial charge in [-0.1, -0.05) is 0 Å². The monoisotopic (exact) mass is 255 g/mol. The molecule has 0 amide bonds. The maximum atomic E-state index is 4.43. The van der Waals surface area contributed by atoms with Crippen molar-refractivity contribution in [3.63, 3.8) is 0 Å². The number of hydrogen-bond donors (Lipinski definition) is 0. The Morgan fingerprint density at radius 2 is 2.11 bits per heavy atom. The SMILES string of the molecule is Cc1cnc(CN2CCCC2c2cnccn2)cn1. The molecule has 19 heavy (non-hydrogen) atoms. The molecule has 5 nitrogen and oxygen atoms in total. The summed E-state index contributed by atoms with van der Waals surface area (Å²) >= 11 is 0. The van der Waals surface area contributed by atoms with Crippen LogP contribution in [0.1, 0.15) is 36.0 Å². The van der Waals surface area contributed by atoms with Crippen LogP contribution < -0.4 is 0 Å². The van der Waals surface area contributed by atoms with Gasteiger partial charge >= 0.3 is 0 Å². The number of hydrogen-bond acceptors (Lipinski definition) is 5. The van der Waals surface area contributed by atoms with Gasteiger partial charge in [0, 0.05) is 37.5 Å². The number of rotatable bonds is 3. The lowest BCUT2D eigenvalue weighted by Crippen LogP contribution is -2.24. The highest BCUT2D eigenvalue weighted by atomic mass is 15.2. The molecule has 0 saturated carbocycles. The molecule has 1 aliphatic heterocycles. The number of likely N-dealkylation sites (tertiary alicyclic amines) is 1. The van der Waals surface area contributed by atoms with Crippen molar-refractivity contribution in [3.05, 3.63) is 48.1 Å². The summed E-state index contributed by atoms with van der Waals surface area (Å²) in [5.74, 6) is 0. The Labute approximate surface area is 112 Å². The topological polar surface area (TPSA) is 54.8 Å². The van der Waals surface area contributed by atoms with Gasteiger partial charge in [0.2, 0.25) is 0 Å². The van der Waals surface area contributed by atoms with Gasteiger partial charge in [0.05, 0.1) is 23.1 Å². The summed E-state index contributed by atoms with van der Waals surface area (Å²) in [5.41, 5.74) is 3.03. The van der Waals surface area contributed by atoms with Crippen molar-refractivity contribution < 1.29 is 0 Å². The summed E-state index contributed by atoms with van der Waals surface area (Å²) < 4.78 is 0. The van der Waals surface area contributed by atoms with E-state index in [1.165, 1.54) is 6.42 Å². The minimum Gasteiger partial charge on any atom is -0.289 e. The van der Waals surface area contributed by atoms with E-state index in [0.29, 0.717) is 6.04 Å². The second-order valence-electron chi connectivity index (χ2n) is 4.91. The zero-order valence-corrected chi connectivity index (χ0v) is 11.0. The highest BCUT2D eigenvalue weighted by Crippen LogP contribution is 2.31. The van der Waals surface area contributed by atoms with Crippen LogP contribution in [-0.2, 0) is 6.54 Å². The Balaban J connectivity index is 1.75. The molecule has 2 aromatic heterocycles. The number of aromatic nitrogens is 4. The summed E-state index contributed by atoms with van der Waals surface area (Å²) in [6.45, 7) is 3.86. The molecule has 3 heterocycles. The van der Waals surface area contributed by atoms with Crippen molar-refractivity contribution in [2.75, 3.05) is 6.54 Å². The highest BCUT2D eigenvalue weighted by molar-refractivity contribution is 5.07. The maximum absolute atomic E-state index is 4.43. The molecule has 0 aliphatic carbocycles. The molecule has 98 valence electrons. The molecule has 3 rings (SSSR count). The van der Waals surface area contributed by atoms with Gasteiger partial charge in [-0.25, -0.2) is 0 Å². The highest BCUT2D eigenvalue weighted by Gasteiger charge is 2.27. The third-order valence-electron chi connectivity index (χ3n) is 3.49. The van der Waals surface area contributed by atoms with Gasteiger partial charge in [0.25, 0.3) is 0 Å². The van der Waals surface area contributed by atoms with Crippen molar-refractivity contribution in [2.24, 2.45) is 0 Å². The fourth-order valence-electron chi connectivity index (χ4n) is 2.54. The van der Waals surface area contributed by atoms with E-state index in [4.69, 9.17) is 0 Å². The first kappa shape index (κ1) is 12.2. The molecular weight excluding hydrogens is 238 g/mol. The molecule has 0 spiro atoms. The van der Waals surface area contributed by atoms with Crippen LogP contribution in [0.3, 0.4) is 0 Å². The summed E-state index contributed by atoms with van der Waals surface area (Å²) in [4.78, 5) is 19.7. The smallest absolute Gasteiger partial charge is 0.0758 e. The average molecular weight is 255 g/mol. The first-order chi connectivity index (χ1) is 9.33. The van der Waals surface area contributed by atoms with E-state index in [1.807, 2.05) is 25.5 Å². The zero-order chi connectivity index (χ0) is 13.1. The first-order valence-corrected chi connectivity index (χ1v) is 6.60. The predicted octanol–water partition coefficient (Wildman–Crippen LogP) is 1.91. The normalized spacial score (nSPS) is 19.7. The summed E-state index contributed by atoms with van der Waals surface area (Å²) in [7, 11) is 0. The first-order valence-electron chi connectivity index (χ1n) is 6.60. The summed E-state index contributed by atoms with van der Waals surface area (Å²) in [6, 6.07) is 0.358. The van der Waals surface area contributed by atoms with Gasteiger partial charge in [0.1, 0.15) is 0 Å². The van der Waals surface area contributed by atoms with Gasteiger partial charge in [-0.2, -0.15) is 0 Å². The Morgan fingerprint density at radius 1 is 1.16 bits per heavy atom. The number of aryl methyl sites for hydroxylation is 1. The van der Waals surface area contributed by atoms with E-state index in [-0.39, 0.29) is 0 Å². The van der Waals surface area contributed by atoms with Gasteiger partial charge in [-0.15, -0.1) is 0 Å². The van der Waals surface area contributed by atoms with Crippen LogP contribution in [0.2, 0.25) is 0 Å². The molecule has 1 fully saturated rings. The minimum atomic E-state index is 0.358. The van der Waals surface area contributed by atoms with Crippen LogP contribution in [0.15, 0.2) is 31.0 Å². The largest absolute Gasteiger partial charge is 0.289 e. The lowest BCUT2D eigenvalue weighted by molar-refractivity contribution is 0.240. The summed E-state index contributed by atoms with van der Waals surface area (Å²) in [5, 5.41) is 0. The van der Waals surface area contributed by atoms with Crippen LogP contribution >= 0.6 is 0 Å². The zero-order valence-electron chi connectivity index (χ0n) is 11.0. The Kier molecular flexibility index (Phi) is 3.46. The molecule has 1 unspecified atom stereocenters. The second kappa shape index (κ2) is 5.40. The van der Waals surface area contributed by atoms with Crippen molar-refractivity contribution in [1.29, 1.82) is 0 Å². The van der Waals surface area contributed by atoms with Crippen LogP contribution in [0.5, 0.6) is 0 Å². The maximum Gasteiger partial charge on any atom is 0.0758 e. The molecule has 0 aromatic carbocycles. The molecule has 0 bridgehead atoms.